The van der Waals surface area contributed by atoms with Gasteiger partial charge in [-0.2, -0.15) is 18.0 Å². The van der Waals surface area contributed by atoms with Crippen molar-refractivity contribution in [3.8, 4) is 11.4 Å². The second-order valence-electron chi connectivity index (χ2n) is 9.00. The third-order valence-electron chi connectivity index (χ3n) is 6.25. The normalized spacial score (nSPS) is 18.4. The molecule has 0 unspecified atom stereocenters. The average molecular weight is 489 g/mol. The first-order valence-electron chi connectivity index (χ1n) is 11.5. The van der Waals surface area contributed by atoms with E-state index >= 15 is 0 Å². The molecule has 2 N–H and O–H groups in total. The van der Waals surface area contributed by atoms with Crippen LogP contribution in [0.1, 0.15) is 53.0 Å². The summed E-state index contributed by atoms with van der Waals surface area (Å²) >= 11 is 0. The number of halogens is 3. The molecule has 1 amide bonds. The number of rotatable bonds is 7. The van der Waals surface area contributed by atoms with E-state index in [1.807, 2.05) is 0 Å². The summed E-state index contributed by atoms with van der Waals surface area (Å²) in [4.78, 5) is 18.5. The number of aromatic nitrogens is 5. The summed E-state index contributed by atoms with van der Waals surface area (Å²) in [6.45, 7) is 2.53. The van der Waals surface area contributed by atoms with Crippen molar-refractivity contribution in [2.45, 2.75) is 51.9 Å². The molecule has 2 aromatic heterocycles. The number of hydrogen-bond acceptors (Lipinski definition) is 6. The SMILES string of the molecule is Cc1cc(-c2nnn(C[C@H]3CC[C@H](CO)CC3)n2)cc(C(=O)NCc2cccc(C(F)(F)F)c2)n1. The Morgan fingerprint density at radius 3 is 2.60 bits per heavy atom. The predicted octanol–water partition coefficient (Wildman–Crippen LogP) is 3.79. The molecule has 0 radical (unpaired) electrons. The van der Waals surface area contributed by atoms with Gasteiger partial charge in [0.2, 0.25) is 5.82 Å². The maximum Gasteiger partial charge on any atom is 0.416 e. The van der Waals surface area contributed by atoms with Crippen LogP contribution in [0.3, 0.4) is 0 Å². The van der Waals surface area contributed by atoms with E-state index in [2.05, 4.69) is 25.7 Å². The minimum absolute atomic E-state index is 0.0688. The van der Waals surface area contributed by atoms with E-state index in [9.17, 15) is 23.1 Å². The fourth-order valence-electron chi connectivity index (χ4n) is 4.31. The van der Waals surface area contributed by atoms with Crippen LogP contribution in [0.25, 0.3) is 11.4 Å². The second kappa shape index (κ2) is 10.5. The molecule has 186 valence electrons. The van der Waals surface area contributed by atoms with Crippen LogP contribution >= 0.6 is 0 Å². The minimum Gasteiger partial charge on any atom is -0.396 e. The highest BCUT2D eigenvalue weighted by molar-refractivity contribution is 5.93. The zero-order chi connectivity index (χ0) is 25.0. The van der Waals surface area contributed by atoms with Crippen LogP contribution in [0.15, 0.2) is 36.4 Å². The summed E-state index contributed by atoms with van der Waals surface area (Å²) in [7, 11) is 0. The van der Waals surface area contributed by atoms with Crippen LogP contribution in [-0.4, -0.2) is 42.8 Å². The number of aliphatic hydroxyl groups is 1. The maximum atomic E-state index is 12.9. The molecule has 4 rings (SSSR count). The van der Waals surface area contributed by atoms with E-state index < -0.39 is 17.6 Å². The number of alkyl halides is 3. The van der Waals surface area contributed by atoms with Gasteiger partial charge >= 0.3 is 6.18 Å². The lowest BCUT2D eigenvalue weighted by atomic mass is 9.82. The van der Waals surface area contributed by atoms with Crippen molar-refractivity contribution in [1.29, 1.82) is 0 Å². The summed E-state index contributed by atoms with van der Waals surface area (Å²) < 4.78 is 38.8. The van der Waals surface area contributed by atoms with Gasteiger partial charge in [-0.3, -0.25) is 4.79 Å². The monoisotopic (exact) mass is 488 g/mol. The van der Waals surface area contributed by atoms with Crippen molar-refractivity contribution < 1.29 is 23.1 Å². The molecule has 35 heavy (non-hydrogen) atoms. The van der Waals surface area contributed by atoms with Gasteiger partial charge in [-0.05, 0) is 79.5 Å². The molecule has 1 aromatic carbocycles. The van der Waals surface area contributed by atoms with Crippen LogP contribution in [0, 0.1) is 18.8 Å². The zero-order valence-corrected chi connectivity index (χ0v) is 19.3. The first-order chi connectivity index (χ1) is 16.7. The quantitative estimate of drug-likeness (QED) is 0.524. The number of tetrazole rings is 1. The number of aryl methyl sites for hydroxylation is 1. The van der Waals surface area contributed by atoms with Crippen LogP contribution < -0.4 is 5.32 Å². The van der Waals surface area contributed by atoms with Crippen LogP contribution in [0.2, 0.25) is 0 Å². The molecule has 0 saturated heterocycles. The highest BCUT2D eigenvalue weighted by Gasteiger charge is 2.30. The molecule has 11 heteroatoms. The summed E-state index contributed by atoms with van der Waals surface area (Å²) in [5, 5.41) is 24.7. The van der Waals surface area contributed by atoms with E-state index in [0.29, 0.717) is 41.0 Å². The van der Waals surface area contributed by atoms with Gasteiger partial charge in [0, 0.05) is 24.4 Å². The Bertz CT molecular complexity index is 1170. The molecule has 2 heterocycles. The van der Waals surface area contributed by atoms with Crippen molar-refractivity contribution in [3.63, 3.8) is 0 Å². The van der Waals surface area contributed by atoms with E-state index in [4.69, 9.17) is 0 Å². The third kappa shape index (κ3) is 6.41. The molecule has 1 aliphatic carbocycles. The highest BCUT2D eigenvalue weighted by Crippen LogP contribution is 2.30. The molecule has 0 aliphatic heterocycles. The lowest BCUT2D eigenvalue weighted by Crippen LogP contribution is -2.24. The number of carbonyl (C=O) groups excluding carboxylic acids is 1. The van der Waals surface area contributed by atoms with Gasteiger partial charge in [-0.25, -0.2) is 4.98 Å². The van der Waals surface area contributed by atoms with Crippen molar-refractivity contribution in [1.82, 2.24) is 30.5 Å². The van der Waals surface area contributed by atoms with E-state index in [1.54, 1.807) is 23.9 Å². The predicted molar refractivity (Wildman–Crippen MR) is 121 cm³/mol. The van der Waals surface area contributed by atoms with Gasteiger partial charge in [0.15, 0.2) is 0 Å². The van der Waals surface area contributed by atoms with Crippen LogP contribution in [0.4, 0.5) is 13.2 Å². The first kappa shape index (κ1) is 24.8. The standard InChI is InChI=1S/C24H27F3N6O2/c1-15-9-19(22-30-32-33(31-22)13-16-5-7-17(14-34)8-6-16)11-21(29-15)23(35)28-12-18-3-2-4-20(10-18)24(25,26)27/h2-4,9-11,16-17,34H,5-8,12-14H2,1H3,(H,28,35)/t16-,17-. The van der Waals surface area contributed by atoms with Gasteiger partial charge in [-0.1, -0.05) is 12.1 Å². The van der Waals surface area contributed by atoms with E-state index in [1.165, 1.54) is 12.1 Å². The van der Waals surface area contributed by atoms with Gasteiger partial charge in [0.1, 0.15) is 5.69 Å². The molecule has 8 nitrogen and oxygen atoms in total. The number of nitrogens with zero attached hydrogens (tertiary/aromatic N) is 5. The largest absolute Gasteiger partial charge is 0.416 e. The number of hydrogen-bond donors (Lipinski definition) is 2. The molecule has 1 saturated carbocycles. The number of carbonyl (C=O) groups is 1. The van der Waals surface area contributed by atoms with Crippen LogP contribution in [0.5, 0.6) is 0 Å². The van der Waals surface area contributed by atoms with Gasteiger partial charge < -0.3 is 10.4 Å². The zero-order valence-electron chi connectivity index (χ0n) is 19.3. The lowest BCUT2D eigenvalue weighted by Gasteiger charge is -2.26. The molecule has 0 bridgehead atoms. The average Bonchev–Trinajstić information content (AvgIpc) is 3.31. The van der Waals surface area contributed by atoms with Gasteiger partial charge in [0.05, 0.1) is 12.1 Å². The Hall–Kier alpha value is -3.34. The fourth-order valence-corrected chi connectivity index (χ4v) is 4.31. The minimum atomic E-state index is -4.45. The number of benzene rings is 1. The molecule has 1 fully saturated rings. The Labute approximate surface area is 200 Å². The van der Waals surface area contributed by atoms with Gasteiger partial charge in [-0.15, -0.1) is 10.2 Å². The Kier molecular flexibility index (Phi) is 7.44. The number of pyridine rings is 1. The number of nitrogens with one attached hydrogen (secondary N) is 1. The molecule has 0 spiro atoms. The molecular formula is C24H27F3N6O2. The summed E-state index contributed by atoms with van der Waals surface area (Å²) in [6, 6.07) is 8.11. The van der Waals surface area contributed by atoms with E-state index in [-0.39, 0.29) is 18.8 Å². The highest BCUT2D eigenvalue weighted by atomic mass is 19.4. The van der Waals surface area contributed by atoms with Crippen molar-refractivity contribution in [2.75, 3.05) is 6.61 Å². The van der Waals surface area contributed by atoms with Crippen molar-refractivity contribution in [3.05, 3.63) is 58.9 Å². The smallest absolute Gasteiger partial charge is 0.396 e. The Balaban J connectivity index is 1.41. The topological polar surface area (TPSA) is 106 Å². The van der Waals surface area contributed by atoms with Gasteiger partial charge in [0.25, 0.3) is 5.91 Å². The number of aliphatic hydroxyl groups excluding tert-OH is 1. The molecule has 1 aliphatic rings. The first-order valence-corrected chi connectivity index (χ1v) is 11.5. The molecule has 3 aromatic rings. The summed E-state index contributed by atoms with van der Waals surface area (Å²) in [5.41, 5.74) is 0.836. The van der Waals surface area contributed by atoms with Crippen LogP contribution in [-0.2, 0) is 19.3 Å². The second-order valence-corrected chi connectivity index (χ2v) is 9.00. The summed E-state index contributed by atoms with van der Waals surface area (Å²) in [6.07, 6.45) is -0.452. The molecule has 0 atom stereocenters. The Morgan fingerprint density at radius 2 is 1.89 bits per heavy atom. The van der Waals surface area contributed by atoms with E-state index in [0.717, 1.165) is 37.8 Å². The number of amides is 1. The van der Waals surface area contributed by atoms with Crippen molar-refractivity contribution in [2.24, 2.45) is 11.8 Å². The molecular weight excluding hydrogens is 461 g/mol. The third-order valence-corrected chi connectivity index (χ3v) is 6.25. The Morgan fingerprint density at radius 1 is 1.14 bits per heavy atom. The fraction of sp³-hybridized carbons (Fsp3) is 0.458. The summed E-state index contributed by atoms with van der Waals surface area (Å²) in [5.74, 6) is 0.659. The van der Waals surface area contributed by atoms with Crippen molar-refractivity contribution >= 4 is 5.91 Å². The lowest BCUT2D eigenvalue weighted by molar-refractivity contribution is -0.137. The maximum absolute atomic E-state index is 12.9.